The number of ether oxygens (including phenoxy) is 5. The highest BCUT2D eigenvalue weighted by Crippen LogP contribution is 2.14. The number of carboxylic acid groups (broad SMARTS) is 2. The van der Waals surface area contributed by atoms with Gasteiger partial charge in [-0.15, -0.1) is 0 Å². The smallest absolute Gasteiger partial charge is 0.335 e. The number of amides is 3. The number of aliphatic carboxylic acids is 1. The molecule has 0 saturated heterocycles. The summed E-state index contributed by atoms with van der Waals surface area (Å²) in [6, 6.07) is 5.20. The van der Waals surface area contributed by atoms with Crippen molar-refractivity contribution in [3.05, 3.63) is 29.8 Å². The first-order chi connectivity index (χ1) is 24.2. The number of terminal acetylenes is 1. The van der Waals surface area contributed by atoms with E-state index in [0.29, 0.717) is 38.5 Å². The van der Waals surface area contributed by atoms with Gasteiger partial charge in [-0.1, -0.05) is 44.9 Å². The first-order valence-electron chi connectivity index (χ1n) is 17.0. The van der Waals surface area contributed by atoms with Crippen LogP contribution in [0, 0.1) is 12.5 Å². The van der Waals surface area contributed by atoms with Crippen molar-refractivity contribution in [3.8, 4) is 18.3 Å². The number of unbranched alkanes of at least 4 members (excludes halogenated alkanes) is 7. The summed E-state index contributed by atoms with van der Waals surface area (Å²) in [6.45, 7) is 2.56. The highest BCUT2D eigenvalue weighted by Gasteiger charge is 2.20. The monoisotopic (exact) mass is 707 g/mol. The van der Waals surface area contributed by atoms with E-state index in [1.54, 1.807) is 12.1 Å². The number of benzene rings is 1. The lowest BCUT2D eigenvalue weighted by Gasteiger charge is -2.14. The van der Waals surface area contributed by atoms with Gasteiger partial charge in [0.05, 0.1) is 45.2 Å². The minimum atomic E-state index is -1.19. The Bertz CT molecular complexity index is 1160. The summed E-state index contributed by atoms with van der Waals surface area (Å²) >= 11 is 0. The van der Waals surface area contributed by atoms with E-state index in [1.807, 2.05) is 6.11 Å². The van der Waals surface area contributed by atoms with E-state index < -0.39 is 18.0 Å². The molecule has 3 amide bonds. The van der Waals surface area contributed by atoms with Gasteiger partial charge < -0.3 is 49.8 Å². The van der Waals surface area contributed by atoms with Gasteiger partial charge in [0.1, 0.15) is 31.1 Å². The summed E-state index contributed by atoms with van der Waals surface area (Å²) in [5.41, 5.74) is 0.227. The Balaban J connectivity index is 1.97. The van der Waals surface area contributed by atoms with E-state index in [9.17, 15) is 29.1 Å². The lowest BCUT2D eigenvalue weighted by molar-refractivity contribution is -0.142. The first kappa shape index (κ1) is 43.6. The fourth-order valence-electron chi connectivity index (χ4n) is 4.44. The molecule has 0 saturated carbocycles. The Kier molecular flexibility index (Phi) is 25.8. The SMILES string of the molecule is C#COCCOCCNC(=O)COCCOCCNC(=O)CC[C@H](NC(=O)CCCCCCCCCCOc1ccc(C(=O)O)cc1)C(=O)O. The zero-order valence-electron chi connectivity index (χ0n) is 28.8. The van der Waals surface area contributed by atoms with Gasteiger partial charge in [-0.3, -0.25) is 14.4 Å². The molecule has 1 atom stereocenters. The molecule has 5 N–H and O–H groups in total. The molecule has 280 valence electrons. The van der Waals surface area contributed by atoms with E-state index in [0.717, 1.165) is 44.9 Å². The molecule has 1 aromatic carbocycles. The van der Waals surface area contributed by atoms with Crippen molar-refractivity contribution >= 4 is 29.7 Å². The highest BCUT2D eigenvalue weighted by molar-refractivity contribution is 5.87. The Morgan fingerprint density at radius 3 is 1.86 bits per heavy atom. The van der Waals surface area contributed by atoms with Crippen molar-refractivity contribution in [1.82, 2.24) is 16.0 Å². The van der Waals surface area contributed by atoms with Crippen LogP contribution in [0.2, 0.25) is 0 Å². The molecule has 1 rings (SSSR count). The minimum Gasteiger partial charge on any atom is -0.494 e. The Morgan fingerprint density at radius 2 is 1.24 bits per heavy atom. The van der Waals surface area contributed by atoms with Crippen molar-refractivity contribution in [2.24, 2.45) is 0 Å². The van der Waals surface area contributed by atoms with E-state index in [2.05, 4.69) is 20.7 Å². The third kappa shape index (κ3) is 24.7. The van der Waals surface area contributed by atoms with E-state index in [4.69, 9.17) is 30.5 Å². The predicted molar refractivity (Wildman–Crippen MR) is 183 cm³/mol. The van der Waals surface area contributed by atoms with Gasteiger partial charge in [-0.2, -0.15) is 0 Å². The molecule has 0 aliphatic carbocycles. The van der Waals surface area contributed by atoms with Crippen molar-refractivity contribution in [2.75, 3.05) is 65.9 Å². The Labute approximate surface area is 294 Å². The lowest BCUT2D eigenvalue weighted by atomic mass is 10.1. The first-order valence-corrected chi connectivity index (χ1v) is 17.0. The number of hydrogen-bond acceptors (Lipinski definition) is 10. The number of carbonyl (C=O) groups is 5. The van der Waals surface area contributed by atoms with Crippen LogP contribution in [-0.2, 0) is 38.1 Å². The molecule has 50 heavy (non-hydrogen) atoms. The third-order valence-electron chi connectivity index (χ3n) is 7.12. The fraction of sp³-hybridized carbons (Fsp3) is 0.629. The molecule has 0 aliphatic rings. The van der Waals surface area contributed by atoms with Crippen LogP contribution in [0.4, 0.5) is 0 Å². The molecule has 15 heteroatoms. The van der Waals surface area contributed by atoms with E-state index >= 15 is 0 Å². The molecule has 0 aliphatic heterocycles. The molecule has 0 bridgehead atoms. The Morgan fingerprint density at radius 1 is 0.660 bits per heavy atom. The van der Waals surface area contributed by atoms with Gasteiger partial charge in [0.15, 0.2) is 0 Å². The van der Waals surface area contributed by atoms with E-state index in [-0.39, 0.29) is 82.1 Å². The maximum atomic E-state index is 12.3. The maximum Gasteiger partial charge on any atom is 0.335 e. The summed E-state index contributed by atoms with van der Waals surface area (Å²) in [5, 5.41) is 26.2. The molecular formula is C35H53N3O12. The topological polar surface area (TPSA) is 208 Å². The standard InChI is InChI=1S/C35H53N3O12/c1-2-46-23-24-47-22-19-37-33(41)27-49-26-25-48-21-18-36-31(39)17-16-30(35(44)45)38-32(40)11-9-7-5-3-4-6-8-10-20-50-29-14-12-28(13-15-29)34(42)43/h1,12-15,30H,3-11,16-27H2,(H,36,39)(H,37,41)(H,38,40)(H,42,43)(H,44,45)/t30-/m0/s1. The van der Waals surface area contributed by atoms with Crippen LogP contribution in [0.3, 0.4) is 0 Å². The molecule has 0 radical (unpaired) electrons. The van der Waals surface area contributed by atoms with Crippen LogP contribution in [-0.4, -0.2) is 112 Å². The van der Waals surface area contributed by atoms with Gasteiger partial charge in [0.2, 0.25) is 17.7 Å². The van der Waals surface area contributed by atoms with E-state index in [1.165, 1.54) is 12.1 Å². The fourth-order valence-corrected chi connectivity index (χ4v) is 4.44. The van der Waals surface area contributed by atoms with Crippen molar-refractivity contribution in [3.63, 3.8) is 0 Å². The van der Waals surface area contributed by atoms with Crippen molar-refractivity contribution < 1.29 is 57.9 Å². The predicted octanol–water partition coefficient (Wildman–Crippen LogP) is 2.51. The zero-order valence-corrected chi connectivity index (χ0v) is 28.8. The van der Waals surface area contributed by atoms with Crippen LogP contribution >= 0.6 is 0 Å². The largest absolute Gasteiger partial charge is 0.494 e. The molecular weight excluding hydrogens is 654 g/mol. The quantitative estimate of drug-likeness (QED) is 0.0541. The molecule has 0 aromatic heterocycles. The average Bonchev–Trinajstić information content (AvgIpc) is 3.09. The summed E-state index contributed by atoms with van der Waals surface area (Å²) in [6.07, 6.45) is 14.7. The lowest BCUT2D eigenvalue weighted by Crippen LogP contribution is -2.41. The summed E-state index contributed by atoms with van der Waals surface area (Å²) in [5.74, 6) is -2.49. The minimum absolute atomic E-state index is 0.0297. The van der Waals surface area contributed by atoms with Crippen LogP contribution in [0.1, 0.15) is 81.0 Å². The zero-order chi connectivity index (χ0) is 36.7. The molecule has 0 heterocycles. The van der Waals surface area contributed by atoms with Gasteiger partial charge >= 0.3 is 11.9 Å². The summed E-state index contributed by atoms with van der Waals surface area (Å²) in [7, 11) is 0. The normalized spacial score (nSPS) is 11.2. The number of carboxylic acids is 2. The number of nitrogens with one attached hydrogen (secondary N) is 3. The number of carbonyl (C=O) groups excluding carboxylic acids is 3. The molecule has 0 unspecified atom stereocenters. The van der Waals surface area contributed by atoms with Gasteiger partial charge in [-0.05, 0) is 43.5 Å². The Hall–Kier alpha value is -4.39. The van der Waals surface area contributed by atoms with Crippen molar-refractivity contribution in [2.45, 2.75) is 76.7 Å². The number of rotatable bonds is 32. The van der Waals surface area contributed by atoms with Gasteiger partial charge in [0.25, 0.3) is 0 Å². The highest BCUT2D eigenvalue weighted by atomic mass is 16.5. The molecule has 15 nitrogen and oxygen atoms in total. The van der Waals surface area contributed by atoms with Gasteiger partial charge in [-0.25, -0.2) is 9.59 Å². The summed E-state index contributed by atoms with van der Waals surface area (Å²) < 4.78 is 26.1. The van der Waals surface area contributed by atoms with Crippen LogP contribution < -0.4 is 20.7 Å². The maximum absolute atomic E-state index is 12.3. The number of hydrogen-bond donors (Lipinski definition) is 5. The van der Waals surface area contributed by atoms with Crippen LogP contribution in [0.5, 0.6) is 5.75 Å². The second kappa shape index (κ2) is 29.5. The number of aromatic carboxylic acids is 1. The van der Waals surface area contributed by atoms with Crippen LogP contribution in [0.25, 0.3) is 0 Å². The molecule has 0 fully saturated rings. The second-order valence-electron chi connectivity index (χ2n) is 11.2. The van der Waals surface area contributed by atoms with Gasteiger partial charge in [0, 0.05) is 25.9 Å². The average molecular weight is 708 g/mol. The molecule has 1 aromatic rings. The van der Waals surface area contributed by atoms with Crippen LogP contribution in [0.15, 0.2) is 24.3 Å². The van der Waals surface area contributed by atoms with Crippen molar-refractivity contribution in [1.29, 1.82) is 0 Å². The second-order valence-corrected chi connectivity index (χ2v) is 11.2. The third-order valence-corrected chi connectivity index (χ3v) is 7.12. The summed E-state index contributed by atoms with van der Waals surface area (Å²) in [4.78, 5) is 58.5. The molecule has 0 spiro atoms.